The van der Waals surface area contributed by atoms with Gasteiger partial charge in [-0.15, -0.1) is 11.6 Å². The summed E-state index contributed by atoms with van der Waals surface area (Å²) in [5.41, 5.74) is 1.21. The van der Waals surface area contributed by atoms with Crippen LogP contribution in [0.25, 0.3) is 11.0 Å². The number of nitrogens with zero attached hydrogens (tertiary/aromatic N) is 2. The summed E-state index contributed by atoms with van der Waals surface area (Å²) in [6.07, 6.45) is 0. The number of fused-ring (bicyclic) bond motifs is 1. The standard InChI is InChI=1S/C12H12ClFIN3O/c1-6(12(19)16-2)18-10-3-7(14)8(15)4-9(10)17-11(18)5-13/h3-4,6H,5H2,1-2H3,(H,16,19). The van der Waals surface area contributed by atoms with Crippen LogP contribution in [0, 0.1) is 9.39 Å². The number of imidazole rings is 1. The molecule has 2 rings (SSSR count). The van der Waals surface area contributed by atoms with Crippen molar-refractivity contribution in [3.63, 3.8) is 0 Å². The third-order valence-electron chi connectivity index (χ3n) is 2.94. The van der Waals surface area contributed by atoms with Gasteiger partial charge in [0.25, 0.3) is 0 Å². The van der Waals surface area contributed by atoms with E-state index >= 15 is 0 Å². The van der Waals surface area contributed by atoms with E-state index < -0.39 is 6.04 Å². The first-order valence-corrected chi connectivity index (χ1v) is 7.24. The van der Waals surface area contributed by atoms with Crippen LogP contribution in [0.2, 0.25) is 0 Å². The van der Waals surface area contributed by atoms with Gasteiger partial charge in [-0.1, -0.05) is 0 Å². The fraction of sp³-hybridized carbons (Fsp3) is 0.333. The molecular formula is C12H12ClFIN3O. The van der Waals surface area contributed by atoms with Crippen LogP contribution < -0.4 is 5.32 Å². The normalized spacial score (nSPS) is 12.7. The number of rotatable bonds is 3. The number of alkyl halides is 1. The lowest BCUT2D eigenvalue weighted by atomic mass is 10.2. The van der Waals surface area contributed by atoms with Crippen molar-refractivity contribution in [3.05, 3.63) is 27.3 Å². The molecule has 0 aliphatic carbocycles. The minimum absolute atomic E-state index is 0.161. The molecular weight excluding hydrogens is 384 g/mol. The largest absolute Gasteiger partial charge is 0.357 e. The minimum Gasteiger partial charge on any atom is -0.357 e. The number of carbonyl (C=O) groups excluding carboxylic acids is 1. The van der Waals surface area contributed by atoms with E-state index in [-0.39, 0.29) is 17.6 Å². The summed E-state index contributed by atoms with van der Waals surface area (Å²) >= 11 is 7.77. The van der Waals surface area contributed by atoms with Crippen molar-refractivity contribution in [2.45, 2.75) is 18.8 Å². The Balaban J connectivity index is 2.70. The van der Waals surface area contributed by atoms with Gasteiger partial charge in [0.1, 0.15) is 17.7 Å². The van der Waals surface area contributed by atoms with Crippen molar-refractivity contribution in [1.29, 1.82) is 0 Å². The predicted molar refractivity (Wildman–Crippen MR) is 80.7 cm³/mol. The average Bonchev–Trinajstić information content (AvgIpc) is 2.75. The summed E-state index contributed by atoms with van der Waals surface area (Å²) < 4.78 is 15.9. The highest BCUT2D eigenvalue weighted by molar-refractivity contribution is 14.1. The molecule has 2 aromatic rings. The zero-order valence-corrected chi connectivity index (χ0v) is 13.3. The molecule has 1 aromatic carbocycles. The monoisotopic (exact) mass is 395 g/mol. The van der Waals surface area contributed by atoms with Gasteiger partial charge >= 0.3 is 0 Å². The lowest BCUT2D eigenvalue weighted by molar-refractivity contribution is -0.123. The van der Waals surface area contributed by atoms with E-state index in [1.54, 1.807) is 24.6 Å². The van der Waals surface area contributed by atoms with Crippen LogP contribution in [0.1, 0.15) is 18.8 Å². The number of benzene rings is 1. The summed E-state index contributed by atoms with van der Waals surface area (Å²) in [5, 5.41) is 2.57. The number of carbonyl (C=O) groups is 1. The third kappa shape index (κ3) is 2.55. The molecule has 1 N–H and O–H groups in total. The van der Waals surface area contributed by atoms with Gasteiger partial charge in [-0.25, -0.2) is 9.37 Å². The fourth-order valence-corrected chi connectivity index (χ4v) is 2.63. The number of hydrogen-bond acceptors (Lipinski definition) is 2. The number of nitrogens with one attached hydrogen (secondary N) is 1. The lowest BCUT2D eigenvalue weighted by Gasteiger charge is -2.15. The number of halogens is 3. The van der Waals surface area contributed by atoms with Gasteiger partial charge < -0.3 is 9.88 Å². The lowest BCUT2D eigenvalue weighted by Crippen LogP contribution is -2.28. The van der Waals surface area contributed by atoms with Crippen molar-refractivity contribution < 1.29 is 9.18 Å². The van der Waals surface area contributed by atoms with Gasteiger partial charge in [-0.2, -0.15) is 0 Å². The second kappa shape index (κ2) is 5.62. The Kier molecular flexibility index (Phi) is 4.29. The van der Waals surface area contributed by atoms with E-state index in [2.05, 4.69) is 10.3 Å². The first kappa shape index (κ1) is 14.5. The molecule has 0 saturated carbocycles. The summed E-state index contributed by atoms with van der Waals surface area (Å²) in [4.78, 5) is 16.1. The Morgan fingerprint density at radius 3 is 2.89 bits per heavy atom. The first-order chi connectivity index (χ1) is 8.99. The van der Waals surface area contributed by atoms with Gasteiger partial charge in [0.05, 0.1) is 20.5 Å². The van der Waals surface area contributed by atoms with Crippen molar-refractivity contribution in [2.75, 3.05) is 7.05 Å². The highest BCUT2D eigenvalue weighted by Crippen LogP contribution is 2.26. The van der Waals surface area contributed by atoms with Crippen LogP contribution in [0.15, 0.2) is 12.1 Å². The molecule has 0 saturated heterocycles. The van der Waals surface area contributed by atoms with Crippen LogP contribution in [0.3, 0.4) is 0 Å². The molecule has 102 valence electrons. The maximum Gasteiger partial charge on any atom is 0.242 e. The van der Waals surface area contributed by atoms with Crippen LogP contribution in [-0.2, 0) is 10.7 Å². The van der Waals surface area contributed by atoms with E-state index in [1.807, 2.05) is 22.6 Å². The third-order valence-corrected chi connectivity index (χ3v) is 4.00. The number of likely N-dealkylation sites (N-methyl/N-ethyl adjacent to an activating group) is 1. The average molecular weight is 396 g/mol. The van der Waals surface area contributed by atoms with Crippen LogP contribution in [-0.4, -0.2) is 22.5 Å². The second-order valence-corrected chi connectivity index (χ2v) is 5.51. The Bertz CT molecular complexity index is 643. The SMILES string of the molecule is CNC(=O)C(C)n1c(CCl)nc2cc(I)c(F)cc21. The maximum atomic E-state index is 13.7. The molecule has 0 radical (unpaired) electrons. The van der Waals surface area contributed by atoms with Crippen molar-refractivity contribution in [2.24, 2.45) is 0 Å². The Labute approximate surface area is 128 Å². The number of amides is 1. The molecule has 1 aromatic heterocycles. The van der Waals surface area contributed by atoms with Crippen molar-refractivity contribution >= 4 is 51.1 Å². The Morgan fingerprint density at radius 2 is 2.32 bits per heavy atom. The van der Waals surface area contributed by atoms with E-state index in [1.165, 1.54) is 6.07 Å². The molecule has 0 aliphatic heterocycles. The number of aromatic nitrogens is 2. The van der Waals surface area contributed by atoms with E-state index in [0.717, 1.165) is 0 Å². The summed E-state index contributed by atoms with van der Waals surface area (Å²) in [6.45, 7) is 1.73. The molecule has 7 heteroatoms. The fourth-order valence-electron chi connectivity index (χ4n) is 1.99. The highest BCUT2D eigenvalue weighted by Gasteiger charge is 2.21. The molecule has 1 atom stereocenters. The molecule has 0 fully saturated rings. The molecule has 0 spiro atoms. The summed E-state index contributed by atoms with van der Waals surface area (Å²) in [7, 11) is 1.56. The molecule has 1 unspecified atom stereocenters. The van der Waals surface area contributed by atoms with Crippen LogP contribution >= 0.6 is 34.2 Å². The predicted octanol–water partition coefficient (Wildman–Crippen LogP) is 2.83. The first-order valence-electron chi connectivity index (χ1n) is 5.63. The van der Waals surface area contributed by atoms with Crippen molar-refractivity contribution in [3.8, 4) is 0 Å². The van der Waals surface area contributed by atoms with Crippen LogP contribution in [0.4, 0.5) is 4.39 Å². The molecule has 0 aliphatic rings. The van der Waals surface area contributed by atoms with E-state index in [9.17, 15) is 9.18 Å². The van der Waals surface area contributed by atoms with E-state index in [4.69, 9.17) is 11.6 Å². The summed E-state index contributed by atoms with van der Waals surface area (Å²) in [6, 6.07) is 2.54. The number of hydrogen-bond donors (Lipinski definition) is 1. The molecule has 0 bridgehead atoms. The van der Waals surface area contributed by atoms with Gasteiger partial charge in [0.15, 0.2) is 0 Å². The molecule has 19 heavy (non-hydrogen) atoms. The quantitative estimate of drug-likeness (QED) is 0.642. The zero-order valence-electron chi connectivity index (χ0n) is 10.4. The molecule has 1 heterocycles. The van der Waals surface area contributed by atoms with Crippen LogP contribution in [0.5, 0.6) is 0 Å². The van der Waals surface area contributed by atoms with E-state index in [0.29, 0.717) is 20.4 Å². The highest BCUT2D eigenvalue weighted by atomic mass is 127. The second-order valence-electron chi connectivity index (χ2n) is 4.08. The molecule has 4 nitrogen and oxygen atoms in total. The van der Waals surface area contributed by atoms with Gasteiger partial charge in [0.2, 0.25) is 5.91 Å². The van der Waals surface area contributed by atoms with Gasteiger partial charge in [-0.3, -0.25) is 4.79 Å². The Morgan fingerprint density at radius 1 is 1.63 bits per heavy atom. The minimum atomic E-state index is -0.497. The topological polar surface area (TPSA) is 46.9 Å². The van der Waals surface area contributed by atoms with Gasteiger partial charge in [0, 0.05) is 13.1 Å². The smallest absolute Gasteiger partial charge is 0.242 e. The summed E-state index contributed by atoms with van der Waals surface area (Å²) in [5.74, 6) is 0.201. The van der Waals surface area contributed by atoms with Crippen molar-refractivity contribution in [1.82, 2.24) is 14.9 Å². The maximum absolute atomic E-state index is 13.7. The zero-order chi connectivity index (χ0) is 14.2. The van der Waals surface area contributed by atoms with Gasteiger partial charge in [-0.05, 0) is 35.6 Å². The Hall–Kier alpha value is -0.890. The molecule has 1 amide bonds.